The molecule has 46 heavy (non-hydrogen) atoms. The number of terminal acetylenes is 1. The number of nitrogens with one attached hydrogen (secondary N) is 1. The van der Waals surface area contributed by atoms with Crippen LogP contribution in [0.4, 0.5) is 10.2 Å². The second-order valence-electron chi connectivity index (χ2n) is 12.8. The molecule has 1 N–H and O–H groups in total. The molecule has 0 aromatic carbocycles. The fourth-order valence-electron chi connectivity index (χ4n) is 6.01. The summed E-state index contributed by atoms with van der Waals surface area (Å²) in [6.07, 6.45) is 28.4. The van der Waals surface area contributed by atoms with Gasteiger partial charge in [0.1, 0.15) is 12.8 Å². The Morgan fingerprint density at radius 3 is 2.09 bits per heavy atom. The third-order valence-corrected chi connectivity index (χ3v) is 8.84. The van der Waals surface area contributed by atoms with Crippen molar-refractivity contribution in [2.75, 3.05) is 11.9 Å². The number of carbonyl (C=O) groups is 2. The summed E-state index contributed by atoms with van der Waals surface area (Å²) in [7, 11) is 0. The number of halogens is 1. The normalized spacial score (nSPS) is 17.7. The van der Waals surface area contributed by atoms with Crippen molar-refractivity contribution in [2.45, 2.75) is 167 Å². The summed E-state index contributed by atoms with van der Waals surface area (Å²) in [5.74, 6) is 2.19. The third kappa shape index (κ3) is 12.6. The maximum atomic E-state index is 14.5. The van der Waals surface area contributed by atoms with Gasteiger partial charge in [0.25, 0.3) is 0 Å². The zero-order valence-electron chi connectivity index (χ0n) is 28.3. The summed E-state index contributed by atoms with van der Waals surface area (Å²) in [5.41, 5.74) is -0.614. The summed E-state index contributed by atoms with van der Waals surface area (Å²) in [4.78, 5) is 37.2. The molecular formula is C36H56FN5O4. The molecule has 3 rings (SSSR count). The number of unbranched alkanes of at least 4 members (excludes halogenated alkanes) is 16. The first-order chi connectivity index (χ1) is 22.4. The number of nitrogens with zero attached hydrogens (tertiary/aromatic N) is 4. The summed E-state index contributed by atoms with van der Waals surface area (Å²) in [6.45, 7) is 4.38. The minimum Gasteiger partial charge on any atom is -0.462 e. The van der Waals surface area contributed by atoms with E-state index in [1.807, 2.05) is 0 Å². The van der Waals surface area contributed by atoms with Crippen molar-refractivity contribution in [1.29, 1.82) is 0 Å². The van der Waals surface area contributed by atoms with Crippen LogP contribution in [0, 0.1) is 18.4 Å². The molecule has 2 aromatic heterocycles. The monoisotopic (exact) mass is 641 g/mol. The molecule has 256 valence electrons. The van der Waals surface area contributed by atoms with E-state index in [1.54, 1.807) is 4.57 Å². The molecule has 1 aliphatic heterocycles. The molecule has 0 radical (unpaired) electrons. The van der Waals surface area contributed by atoms with Crippen LogP contribution in [0.25, 0.3) is 11.2 Å². The number of esters is 1. The number of aromatic nitrogens is 4. The van der Waals surface area contributed by atoms with E-state index in [2.05, 4.69) is 40.0 Å². The summed E-state index contributed by atoms with van der Waals surface area (Å²) in [6, 6.07) is 0. The first-order valence-corrected chi connectivity index (χ1v) is 17.9. The van der Waals surface area contributed by atoms with Crippen molar-refractivity contribution in [1.82, 2.24) is 19.5 Å². The largest absolute Gasteiger partial charge is 0.462 e. The maximum absolute atomic E-state index is 14.5. The quantitative estimate of drug-likeness (QED) is 0.0527. The summed E-state index contributed by atoms with van der Waals surface area (Å²) >= 11 is 0. The number of amides is 1. The van der Waals surface area contributed by atoms with Crippen LogP contribution in [0.15, 0.2) is 6.33 Å². The molecule has 3 heterocycles. The molecule has 2 atom stereocenters. The lowest BCUT2D eigenvalue weighted by molar-refractivity contribution is -0.152. The van der Waals surface area contributed by atoms with Crippen LogP contribution in [-0.4, -0.2) is 43.6 Å². The lowest BCUT2D eigenvalue weighted by atomic mass is 10.0. The molecule has 0 spiro atoms. The Balaban J connectivity index is 1.44. The Morgan fingerprint density at radius 2 is 1.50 bits per heavy atom. The number of rotatable bonds is 24. The lowest BCUT2D eigenvalue weighted by Crippen LogP contribution is -2.34. The predicted octanol–water partition coefficient (Wildman–Crippen LogP) is 8.97. The highest BCUT2D eigenvalue weighted by atomic mass is 19.1. The fourth-order valence-corrected chi connectivity index (χ4v) is 6.01. The zero-order chi connectivity index (χ0) is 33.0. The van der Waals surface area contributed by atoms with Crippen LogP contribution in [0.1, 0.15) is 161 Å². The van der Waals surface area contributed by atoms with Gasteiger partial charge >= 0.3 is 12.0 Å². The van der Waals surface area contributed by atoms with Crippen molar-refractivity contribution < 1.29 is 23.5 Å². The Morgan fingerprint density at radius 1 is 0.935 bits per heavy atom. The molecule has 0 saturated carbocycles. The number of hydrogen-bond donors (Lipinski definition) is 1. The van der Waals surface area contributed by atoms with Gasteiger partial charge in [0.2, 0.25) is 5.91 Å². The van der Waals surface area contributed by atoms with E-state index < -0.39 is 17.9 Å². The van der Waals surface area contributed by atoms with Crippen molar-refractivity contribution >= 4 is 28.9 Å². The van der Waals surface area contributed by atoms with Crippen LogP contribution in [0.5, 0.6) is 0 Å². The van der Waals surface area contributed by atoms with Gasteiger partial charge in [0, 0.05) is 12.8 Å². The van der Waals surface area contributed by atoms with Crippen LogP contribution < -0.4 is 5.32 Å². The van der Waals surface area contributed by atoms with Crippen molar-refractivity contribution in [2.24, 2.45) is 0 Å². The molecule has 1 aliphatic rings. The second-order valence-corrected chi connectivity index (χ2v) is 12.8. The number of imidazole rings is 1. The van der Waals surface area contributed by atoms with E-state index in [0.717, 1.165) is 38.5 Å². The minimum absolute atomic E-state index is 0.0369. The van der Waals surface area contributed by atoms with E-state index in [4.69, 9.17) is 15.9 Å². The van der Waals surface area contributed by atoms with Crippen molar-refractivity contribution in [3.05, 3.63) is 12.4 Å². The predicted molar refractivity (Wildman–Crippen MR) is 179 cm³/mol. The Kier molecular flexibility index (Phi) is 17.0. The van der Waals surface area contributed by atoms with Gasteiger partial charge < -0.3 is 14.8 Å². The SMILES string of the molecule is C#C[C@@]1(COC(=O)CCCCCCCCC)CC[C@H](n2cnc3c(NC(=O)CCCCCCCCCCCCC)nc(F)nc32)O1. The molecule has 2 aromatic rings. The van der Waals surface area contributed by atoms with Gasteiger partial charge in [-0.25, -0.2) is 4.98 Å². The molecule has 1 fully saturated rings. The van der Waals surface area contributed by atoms with E-state index in [9.17, 15) is 14.0 Å². The van der Waals surface area contributed by atoms with Gasteiger partial charge in [-0.05, 0) is 25.7 Å². The number of fused-ring (bicyclic) bond motifs is 1. The van der Waals surface area contributed by atoms with Gasteiger partial charge in [0.05, 0.1) is 6.33 Å². The van der Waals surface area contributed by atoms with Gasteiger partial charge in [-0.3, -0.25) is 14.2 Å². The molecule has 1 amide bonds. The Hall–Kier alpha value is -3.06. The summed E-state index contributed by atoms with van der Waals surface area (Å²) in [5, 5.41) is 2.72. The highest BCUT2D eigenvalue weighted by Gasteiger charge is 2.41. The van der Waals surface area contributed by atoms with Gasteiger partial charge in [-0.1, -0.05) is 123 Å². The highest BCUT2D eigenvalue weighted by Crippen LogP contribution is 2.38. The van der Waals surface area contributed by atoms with Crippen molar-refractivity contribution in [3.8, 4) is 12.3 Å². The zero-order valence-corrected chi connectivity index (χ0v) is 28.3. The van der Waals surface area contributed by atoms with Crippen LogP contribution in [0.2, 0.25) is 0 Å². The van der Waals surface area contributed by atoms with Crippen LogP contribution in [-0.2, 0) is 19.1 Å². The number of carbonyl (C=O) groups excluding carboxylic acids is 2. The summed E-state index contributed by atoms with van der Waals surface area (Å²) < 4.78 is 27.8. The second kappa shape index (κ2) is 20.9. The van der Waals surface area contributed by atoms with E-state index in [1.165, 1.54) is 83.4 Å². The Labute approximate surface area is 275 Å². The van der Waals surface area contributed by atoms with E-state index in [0.29, 0.717) is 25.7 Å². The smallest absolute Gasteiger partial charge is 0.312 e. The first kappa shape index (κ1) is 37.4. The van der Waals surface area contributed by atoms with E-state index >= 15 is 0 Å². The molecule has 9 nitrogen and oxygen atoms in total. The fraction of sp³-hybridized carbons (Fsp3) is 0.750. The average molecular weight is 642 g/mol. The highest BCUT2D eigenvalue weighted by molar-refractivity contribution is 5.96. The number of ether oxygens (including phenoxy) is 2. The molecule has 0 bridgehead atoms. The number of hydrogen-bond acceptors (Lipinski definition) is 7. The minimum atomic E-state index is -1.09. The number of anilines is 1. The molecule has 0 unspecified atom stereocenters. The van der Waals surface area contributed by atoms with Crippen LogP contribution >= 0.6 is 0 Å². The van der Waals surface area contributed by atoms with Crippen LogP contribution in [0.3, 0.4) is 0 Å². The standard InChI is InChI=1S/C36H56FN5O4/c1-4-7-9-11-13-14-15-16-18-19-21-23-29(43)39-33-32-34(41-35(37)40-33)42(28-38-32)30-25-26-36(6-3,46-30)27-45-31(44)24-22-20-17-12-10-8-5-2/h3,28,30H,4-5,7-27H2,1-2H3,(H,39,40,41,43)/t30-,36+/m1/s1. The lowest BCUT2D eigenvalue weighted by Gasteiger charge is -2.23. The molecule has 10 heteroatoms. The molecule has 0 aliphatic carbocycles. The Bertz CT molecular complexity index is 1240. The molecule has 1 saturated heterocycles. The van der Waals surface area contributed by atoms with E-state index in [-0.39, 0.29) is 35.5 Å². The third-order valence-electron chi connectivity index (χ3n) is 8.84. The van der Waals surface area contributed by atoms with Gasteiger partial charge in [-0.2, -0.15) is 14.4 Å². The topological polar surface area (TPSA) is 108 Å². The average Bonchev–Trinajstić information content (AvgIpc) is 3.67. The van der Waals surface area contributed by atoms with Crippen molar-refractivity contribution in [3.63, 3.8) is 0 Å². The molecular weight excluding hydrogens is 585 g/mol. The first-order valence-electron chi connectivity index (χ1n) is 17.9. The van der Waals surface area contributed by atoms with Gasteiger partial charge in [-0.15, -0.1) is 6.42 Å². The van der Waals surface area contributed by atoms with Gasteiger partial charge in [0.15, 0.2) is 22.6 Å². The maximum Gasteiger partial charge on any atom is 0.312 e.